The van der Waals surface area contributed by atoms with E-state index in [1.54, 1.807) is 11.1 Å². The summed E-state index contributed by atoms with van der Waals surface area (Å²) in [6.07, 6.45) is 12.2. The summed E-state index contributed by atoms with van der Waals surface area (Å²) in [4.78, 5) is 13.6. The van der Waals surface area contributed by atoms with Crippen LogP contribution in [0.4, 0.5) is 0 Å². The van der Waals surface area contributed by atoms with E-state index in [2.05, 4.69) is 64.1 Å². The second-order valence-electron chi connectivity index (χ2n) is 9.94. The van der Waals surface area contributed by atoms with Crippen molar-refractivity contribution in [2.24, 2.45) is 28.6 Å². The van der Waals surface area contributed by atoms with E-state index in [-0.39, 0.29) is 25.8 Å². The minimum atomic E-state index is -0.160. The maximum atomic E-state index is 13.6. The molecule has 0 amide bonds. The van der Waals surface area contributed by atoms with Gasteiger partial charge >= 0.3 is 177 Å². The molecule has 0 spiro atoms. The molecule has 4 rings (SSSR count). The number of benzene rings is 1. The summed E-state index contributed by atoms with van der Waals surface area (Å²) in [6.45, 7) is 9.47. The molecular formula is C26H34OSe. The Morgan fingerprint density at radius 2 is 1.89 bits per heavy atom. The number of allylic oxidation sites excluding steroid dienone is 4. The van der Waals surface area contributed by atoms with E-state index in [1.807, 2.05) is 6.07 Å². The SMILES string of the molecule is CC(C)C1=CC2=CC[C@@H]3[C@@](C)(CCC[C@]3(C)C(=O)[Se]c3ccccc3)[C@H]2CC1. The molecule has 1 aromatic carbocycles. The molecule has 1 aromatic rings. The van der Waals surface area contributed by atoms with Crippen LogP contribution in [0.2, 0.25) is 0 Å². The summed E-state index contributed by atoms with van der Waals surface area (Å²) < 4.78 is 1.75. The van der Waals surface area contributed by atoms with Gasteiger partial charge in [0.25, 0.3) is 0 Å². The van der Waals surface area contributed by atoms with Gasteiger partial charge < -0.3 is 0 Å². The average molecular weight is 442 g/mol. The molecule has 0 unspecified atom stereocenters. The molecule has 4 atom stereocenters. The van der Waals surface area contributed by atoms with Crippen LogP contribution in [0.15, 0.2) is 53.6 Å². The summed E-state index contributed by atoms with van der Waals surface area (Å²) in [5, 5.41) is 0. The van der Waals surface area contributed by atoms with E-state index in [0.717, 1.165) is 12.8 Å². The van der Waals surface area contributed by atoms with Crippen molar-refractivity contribution < 1.29 is 4.79 Å². The summed E-state index contributed by atoms with van der Waals surface area (Å²) in [7, 11) is 0. The molecule has 28 heavy (non-hydrogen) atoms. The summed E-state index contributed by atoms with van der Waals surface area (Å²) in [6, 6.07) is 10.4. The Balaban J connectivity index is 1.64. The van der Waals surface area contributed by atoms with Gasteiger partial charge in [-0.05, 0) is 0 Å². The maximum absolute atomic E-state index is 13.6. The number of hydrogen-bond acceptors (Lipinski definition) is 1. The van der Waals surface area contributed by atoms with Crippen LogP contribution in [0.25, 0.3) is 0 Å². The molecule has 1 saturated carbocycles. The van der Waals surface area contributed by atoms with Crippen molar-refractivity contribution in [2.45, 2.75) is 66.2 Å². The van der Waals surface area contributed by atoms with Gasteiger partial charge in [-0.2, -0.15) is 0 Å². The number of carbonyl (C=O) groups excluding carboxylic acids is 1. The Bertz CT molecular complexity index is 805. The van der Waals surface area contributed by atoms with Crippen LogP contribution >= 0.6 is 0 Å². The van der Waals surface area contributed by atoms with Gasteiger partial charge in [0.05, 0.1) is 0 Å². The van der Waals surface area contributed by atoms with E-state index in [1.165, 1.54) is 30.1 Å². The van der Waals surface area contributed by atoms with Crippen LogP contribution < -0.4 is 4.46 Å². The molecule has 1 fully saturated rings. The van der Waals surface area contributed by atoms with Gasteiger partial charge in [0.15, 0.2) is 0 Å². The van der Waals surface area contributed by atoms with Crippen molar-refractivity contribution in [3.05, 3.63) is 53.6 Å². The quantitative estimate of drug-likeness (QED) is 0.550. The monoisotopic (exact) mass is 442 g/mol. The van der Waals surface area contributed by atoms with Crippen LogP contribution in [-0.2, 0) is 4.79 Å². The number of rotatable bonds is 4. The van der Waals surface area contributed by atoms with Crippen molar-refractivity contribution in [3.63, 3.8) is 0 Å². The van der Waals surface area contributed by atoms with Crippen molar-refractivity contribution >= 4 is 24.1 Å². The van der Waals surface area contributed by atoms with Gasteiger partial charge in [-0.1, -0.05) is 0 Å². The Hall–Kier alpha value is -1.11. The molecule has 3 aliphatic rings. The minimum absolute atomic E-state index is 0.0739. The standard InChI is InChI=1S/C26H34OSe/c1-18(2)19-11-13-22-20(17-19)12-14-23-25(22,3)15-8-16-26(23,4)24(27)28-21-9-6-5-7-10-21/h5-7,9-10,12,17-18,22-23H,8,11,13-16H2,1-4H3/t22-,23+,25-,26-/m0/s1. The van der Waals surface area contributed by atoms with Gasteiger partial charge in [0.2, 0.25) is 0 Å². The normalized spacial score (nSPS) is 34.9. The Morgan fingerprint density at radius 1 is 1.14 bits per heavy atom. The second-order valence-corrected chi connectivity index (χ2v) is 12.1. The van der Waals surface area contributed by atoms with Crippen LogP contribution in [0.3, 0.4) is 0 Å². The molecule has 1 nitrogen and oxygen atoms in total. The first-order chi connectivity index (χ1) is 13.3. The van der Waals surface area contributed by atoms with Gasteiger partial charge in [-0.25, -0.2) is 0 Å². The van der Waals surface area contributed by atoms with E-state index in [9.17, 15) is 4.79 Å². The molecule has 2 heteroatoms. The van der Waals surface area contributed by atoms with E-state index in [4.69, 9.17) is 0 Å². The molecule has 0 bridgehead atoms. The fraction of sp³-hybridized carbons (Fsp3) is 0.577. The third kappa shape index (κ3) is 3.37. The zero-order valence-corrected chi connectivity index (χ0v) is 19.5. The molecule has 0 aromatic heterocycles. The van der Waals surface area contributed by atoms with Gasteiger partial charge in [0.1, 0.15) is 0 Å². The first kappa shape index (κ1) is 20.2. The number of carbonyl (C=O) groups is 1. The molecule has 150 valence electrons. The predicted octanol–water partition coefficient (Wildman–Crippen LogP) is 5.68. The zero-order valence-electron chi connectivity index (χ0n) is 17.8. The van der Waals surface area contributed by atoms with Crippen molar-refractivity contribution in [1.29, 1.82) is 0 Å². The topological polar surface area (TPSA) is 17.1 Å². The third-order valence-electron chi connectivity index (χ3n) is 8.00. The fourth-order valence-electron chi connectivity index (χ4n) is 6.30. The molecule has 0 aliphatic heterocycles. The van der Waals surface area contributed by atoms with Gasteiger partial charge in [-0.15, -0.1) is 0 Å². The van der Waals surface area contributed by atoms with Crippen molar-refractivity contribution in [3.8, 4) is 0 Å². The fourth-order valence-corrected chi connectivity index (χ4v) is 8.37. The molecule has 0 radical (unpaired) electrons. The predicted molar refractivity (Wildman–Crippen MR) is 119 cm³/mol. The summed E-state index contributed by atoms with van der Waals surface area (Å²) in [5.41, 5.74) is 3.32. The molecule has 0 N–H and O–H groups in total. The van der Waals surface area contributed by atoms with E-state index < -0.39 is 0 Å². The van der Waals surface area contributed by atoms with Crippen molar-refractivity contribution in [1.82, 2.24) is 0 Å². The Morgan fingerprint density at radius 3 is 2.61 bits per heavy atom. The molecule has 0 heterocycles. The van der Waals surface area contributed by atoms with Crippen LogP contribution in [0.1, 0.15) is 66.2 Å². The average Bonchev–Trinajstić information content (AvgIpc) is 2.68. The number of hydrogen-bond donors (Lipinski definition) is 0. The summed E-state index contributed by atoms with van der Waals surface area (Å²) >= 11 is -0.0739. The van der Waals surface area contributed by atoms with E-state index in [0.29, 0.717) is 22.4 Å². The zero-order chi connectivity index (χ0) is 19.9. The first-order valence-electron chi connectivity index (χ1n) is 11.0. The molecule has 3 aliphatic carbocycles. The third-order valence-corrected chi connectivity index (χ3v) is 10.4. The Kier molecular flexibility index (Phi) is 5.49. The van der Waals surface area contributed by atoms with Gasteiger partial charge in [0, 0.05) is 0 Å². The summed E-state index contributed by atoms with van der Waals surface area (Å²) in [5.74, 6) is 1.79. The van der Waals surface area contributed by atoms with Crippen LogP contribution in [-0.4, -0.2) is 19.6 Å². The van der Waals surface area contributed by atoms with Crippen molar-refractivity contribution in [2.75, 3.05) is 0 Å². The molecular weight excluding hydrogens is 407 g/mol. The van der Waals surface area contributed by atoms with Crippen LogP contribution in [0, 0.1) is 28.6 Å². The van der Waals surface area contributed by atoms with Gasteiger partial charge in [-0.3, -0.25) is 0 Å². The molecule has 0 saturated heterocycles. The van der Waals surface area contributed by atoms with E-state index >= 15 is 0 Å². The Labute approximate surface area is 177 Å². The van der Waals surface area contributed by atoms with Crippen LogP contribution in [0.5, 0.6) is 0 Å². The first-order valence-corrected chi connectivity index (χ1v) is 12.7. The number of fused-ring (bicyclic) bond motifs is 3. The second kappa shape index (κ2) is 7.62.